The summed E-state index contributed by atoms with van der Waals surface area (Å²) in [5.74, 6) is -0.691. The molecular weight excluding hydrogens is 464 g/mol. The molecule has 0 atom stereocenters. The number of hydrogen-bond acceptors (Lipinski definition) is 4. The highest BCUT2D eigenvalue weighted by molar-refractivity contribution is 7.94. The number of hydrogen-bond donors (Lipinski definition) is 0. The molecule has 0 radical (unpaired) electrons. The quantitative estimate of drug-likeness (QED) is 0.484. The third-order valence-electron chi connectivity index (χ3n) is 5.91. The summed E-state index contributed by atoms with van der Waals surface area (Å²) >= 11 is 0. The number of amides is 2. The third-order valence-corrected chi connectivity index (χ3v) is 7.68. The van der Waals surface area contributed by atoms with Crippen molar-refractivity contribution in [2.24, 2.45) is 0 Å². The summed E-state index contributed by atoms with van der Waals surface area (Å²) in [6.45, 7) is 0.0177. The summed E-state index contributed by atoms with van der Waals surface area (Å²) in [7, 11) is -0.833. The Bertz CT molecular complexity index is 1200. The Balaban J connectivity index is 1.50. The minimum absolute atomic E-state index is 0.346. The smallest absolute Gasteiger partial charge is 0.327 e. The van der Waals surface area contributed by atoms with E-state index >= 15 is 0 Å². The zero-order chi connectivity index (χ0) is 25.0. The monoisotopic (exact) mass is 492 g/mol. The molecule has 3 aromatic carbocycles. The minimum Gasteiger partial charge on any atom is -0.340 e. The average molecular weight is 493 g/mol. The molecule has 0 saturated heterocycles. The van der Waals surface area contributed by atoms with Crippen LogP contribution >= 0.6 is 0 Å². The van der Waals surface area contributed by atoms with Crippen LogP contribution in [-0.4, -0.2) is 57.2 Å². The van der Waals surface area contributed by atoms with Crippen molar-refractivity contribution in [3.8, 4) is 0 Å². The first kappa shape index (κ1) is 24.3. The van der Waals surface area contributed by atoms with Crippen molar-refractivity contribution in [1.29, 1.82) is 0 Å². The highest BCUT2D eigenvalue weighted by atomic mass is 32.2. The second kappa shape index (κ2) is 10.2. The summed E-state index contributed by atoms with van der Waals surface area (Å²) in [5.41, 5.74) is 2.66. The maximum absolute atomic E-state index is 13.5. The molecule has 1 aliphatic heterocycles. The van der Waals surface area contributed by atoms with Crippen molar-refractivity contribution in [3.05, 3.63) is 96.1 Å². The Hall–Kier alpha value is -3.85. The van der Waals surface area contributed by atoms with E-state index in [1.165, 1.54) is 9.80 Å². The fourth-order valence-electron chi connectivity index (χ4n) is 3.97. The fourth-order valence-corrected chi connectivity index (χ4v) is 5.56. The van der Waals surface area contributed by atoms with Crippen LogP contribution in [0.4, 0.5) is 11.4 Å². The summed E-state index contributed by atoms with van der Waals surface area (Å²) in [5, 5.41) is 0. The molecule has 1 heterocycles. The number of likely N-dealkylation sites (N-methyl/N-ethyl adjacent to an activating group) is 2. The second-order valence-electron chi connectivity index (χ2n) is 8.48. The molecule has 0 fully saturated rings. The maximum atomic E-state index is 13.5. The minimum atomic E-state index is -4.12. The molecule has 4 rings (SSSR count). The van der Waals surface area contributed by atoms with Crippen LogP contribution in [0, 0.1) is 0 Å². The molecule has 0 saturated carbocycles. The molecule has 2 amide bonds. The molecule has 35 heavy (non-hydrogen) atoms. The molecule has 3 aromatic rings. The Morgan fingerprint density at radius 3 is 1.34 bits per heavy atom. The lowest BCUT2D eigenvalue weighted by atomic mass is 10.2. The van der Waals surface area contributed by atoms with Crippen molar-refractivity contribution in [2.45, 2.75) is 13.1 Å². The van der Waals surface area contributed by atoms with Crippen molar-refractivity contribution in [3.63, 3.8) is 0 Å². The molecule has 0 spiro atoms. The van der Waals surface area contributed by atoms with Gasteiger partial charge in [0.25, 0.3) is 0 Å². The van der Waals surface area contributed by atoms with E-state index in [9.17, 15) is 18.0 Å². The first-order valence-electron chi connectivity index (χ1n) is 11.2. The number of carbonyl (C=O) groups is 2. The Morgan fingerprint density at radius 2 is 0.971 bits per heavy atom. The predicted molar refractivity (Wildman–Crippen MR) is 136 cm³/mol. The number of carbonyl (C=O) groups excluding carboxylic acids is 2. The topological polar surface area (TPSA) is 81.2 Å². The molecule has 9 heteroatoms. The highest BCUT2D eigenvalue weighted by Gasteiger charge is 2.42. The number of benzene rings is 3. The van der Waals surface area contributed by atoms with Gasteiger partial charge in [-0.25, -0.2) is 8.61 Å². The maximum Gasteiger partial charge on any atom is 0.327 e. The van der Waals surface area contributed by atoms with Crippen molar-refractivity contribution < 1.29 is 18.0 Å². The normalized spacial score (nSPS) is 13.9. The molecule has 0 unspecified atom stereocenters. The van der Waals surface area contributed by atoms with Crippen LogP contribution in [0.2, 0.25) is 0 Å². The molecule has 0 aromatic heterocycles. The Kier molecular flexibility index (Phi) is 7.07. The number of para-hydroxylation sites is 2. The van der Waals surface area contributed by atoms with Crippen LogP contribution in [0.1, 0.15) is 11.1 Å². The van der Waals surface area contributed by atoms with E-state index < -0.39 is 10.2 Å². The van der Waals surface area contributed by atoms with Gasteiger partial charge in [-0.05, 0) is 23.3 Å². The van der Waals surface area contributed by atoms with E-state index in [0.29, 0.717) is 24.5 Å². The van der Waals surface area contributed by atoms with E-state index in [-0.39, 0.29) is 24.9 Å². The first-order valence-corrected chi connectivity index (χ1v) is 12.6. The van der Waals surface area contributed by atoms with Gasteiger partial charge in [0.05, 0.1) is 11.4 Å². The largest absolute Gasteiger partial charge is 0.340 e. The summed E-state index contributed by atoms with van der Waals surface area (Å²) in [6.07, 6.45) is 0. The number of anilines is 2. The van der Waals surface area contributed by atoms with Crippen LogP contribution in [-0.2, 0) is 32.9 Å². The van der Waals surface area contributed by atoms with E-state index in [1.54, 1.807) is 38.4 Å². The van der Waals surface area contributed by atoms with Gasteiger partial charge >= 0.3 is 10.2 Å². The van der Waals surface area contributed by atoms with Gasteiger partial charge < -0.3 is 9.80 Å². The third kappa shape index (κ3) is 5.30. The van der Waals surface area contributed by atoms with Gasteiger partial charge in [0, 0.05) is 27.2 Å². The lowest BCUT2D eigenvalue weighted by Gasteiger charge is -2.25. The summed E-state index contributed by atoms with van der Waals surface area (Å²) < 4.78 is 29.1. The summed E-state index contributed by atoms with van der Waals surface area (Å²) in [6, 6.07) is 25.7. The van der Waals surface area contributed by atoms with Gasteiger partial charge in [-0.3, -0.25) is 9.59 Å². The molecule has 8 nitrogen and oxygen atoms in total. The van der Waals surface area contributed by atoms with Crippen LogP contribution in [0.25, 0.3) is 0 Å². The van der Waals surface area contributed by atoms with E-state index in [4.69, 9.17) is 0 Å². The zero-order valence-corrected chi connectivity index (χ0v) is 20.6. The molecule has 1 aliphatic rings. The van der Waals surface area contributed by atoms with Gasteiger partial charge in [0.1, 0.15) is 13.1 Å². The lowest BCUT2D eigenvalue weighted by Crippen LogP contribution is -2.46. The van der Waals surface area contributed by atoms with Crippen LogP contribution in [0.3, 0.4) is 0 Å². The Labute approximate surface area is 206 Å². The number of rotatable bonds is 8. The van der Waals surface area contributed by atoms with Crippen molar-refractivity contribution in [2.75, 3.05) is 35.8 Å². The standard InChI is InChI=1S/C26H28N4O4S/c1-27(17-21-11-5-3-6-12-21)25(31)19-29-23-15-9-10-16-24(23)30(35(29,33)34)20-26(32)28(2)18-22-13-7-4-8-14-22/h3-16H,17-20H2,1-2H3. The van der Waals surface area contributed by atoms with Gasteiger partial charge in [-0.15, -0.1) is 0 Å². The van der Waals surface area contributed by atoms with E-state index in [2.05, 4.69) is 0 Å². The van der Waals surface area contributed by atoms with Crippen molar-refractivity contribution >= 4 is 33.4 Å². The molecular formula is C26H28N4O4S. The zero-order valence-electron chi connectivity index (χ0n) is 19.7. The van der Waals surface area contributed by atoms with Gasteiger partial charge in [-0.1, -0.05) is 72.8 Å². The molecule has 182 valence electrons. The fraction of sp³-hybridized carbons (Fsp3) is 0.231. The van der Waals surface area contributed by atoms with Gasteiger partial charge in [0.15, 0.2) is 0 Å². The molecule has 0 bridgehead atoms. The van der Waals surface area contributed by atoms with Crippen molar-refractivity contribution in [1.82, 2.24) is 9.80 Å². The predicted octanol–water partition coefficient (Wildman–Crippen LogP) is 2.88. The SMILES string of the molecule is CN(Cc1ccccc1)C(=O)CN1c2ccccc2N(CC(=O)N(C)Cc2ccccc2)S1(=O)=O. The van der Waals surface area contributed by atoms with Gasteiger partial charge in [-0.2, -0.15) is 8.42 Å². The Morgan fingerprint density at radius 1 is 0.629 bits per heavy atom. The molecule has 0 N–H and O–H groups in total. The van der Waals surface area contributed by atoms with E-state index in [0.717, 1.165) is 19.7 Å². The molecule has 0 aliphatic carbocycles. The van der Waals surface area contributed by atoms with Crippen LogP contribution in [0.15, 0.2) is 84.9 Å². The highest BCUT2D eigenvalue weighted by Crippen LogP contribution is 2.40. The van der Waals surface area contributed by atoms with Crippen LogP contribution in [0.5, 0.6) is 0 Å². The number of fused-ring (bicyclic) bond motifs is 1. The second-order valence-corrected chi connectivity index (χ2v) is 10.3. The average Bonchev–Trinajstić information content (AvgIpc) is 3.06. The van der Waals surface area contributed by atoms with E-state index in [1.807, 2.05) is 60.7 Å². The number of nitrogens with zero attached hydrogens (tertiary/aromatic N) is 4. The lowest BCUT2D eigenvalue weighted by molar-refractivity contribution is -0.129. The van der Waals surface area contributed by atoms with Crippen LogP contribution < -0.4 is 8.61 Å². The summed E-state index contributed by atoms with van der Waals surface area (Å²) in [4.78, 5) is 28.9. The first-order chi connectivity index (χ1) is 16.8. The van der Waals surface area contributed by atoms with Gasteiger partial charge in [0.2, 0.25) is 11.8 Å².